The minimum Gasteiger partial charge on any atom is -0.489 e. The van der Waals surface area contributed by atoms with E-state index in [0.717, 1.165) is 22.2 Å². The van der Waals surface area contributed by atoms with Crippen molar-refractivity contribution in [3.63, 3.8) is 0 Å². The SMILES string of the molecule is COC(=O)Cc1cc(Br)cc2c1OC1CC=CC21. The molecule has 1 aliphatic carbocycles. The Morgan fingerprint density at radius 3 is 3.17 bits per heavy atom. The second kappa shape index (κ2) is 4.43. The van der Waals surface area contributed by atoms with Crippen LogP contribution in [0.5, 0.6) is 5.75 Å². The van der Waals surface area contributed by atoms with Crippen molar-refractivity contribution in [2.75, 3.05) is 7.11 Å². The monoisotopic (exact) mass is 308 g/mol. The lowest BCUT2D eigenvalue weighted by Crippen LogP contribution is -2.12. The van der Waals surface area contributed by atoms with Gasteiger partial charge in [0.1, 0.15) is 11.9 Å². The predicted octanol–water partition coefficient (Wildman–Crippen LogP) is 2.97. The van der Waals surface area contributed by atoms with Gasteiger partial charge in [0.15, 0.2) is 0 Å². The van der Waals surface area contributed by atoms with Crippen LogP contribution in [0.3, 0.4) is 0 Å². The molecule has 4 heteroatoms. The normalized spacial score (nSPS) is 23.4. The number of ether oxygens (including phenoxy) is 2. The molecule has 0 fully saturated rings. The van der Waals surface area contributed by atoms with Crippen molar-refractivity contribution in [2.45, 2.75) is 24.9 Å². The molecule has 2 unspecified atom stereocenters. The van der Waals surface area contributed by atoms with Crippen LogP contribution in [-0.4, -0.2) is 19.2 Å². The van der Waals surface area contributed by atoms with Gasteiger partial charge in [-0.3, -0.25) is 4.79 Å². The molecule has 0 amide bonds. The highest BCUT2D eigenvalue weighted by atomic mass is 79.9. The van der Waals surface area contributed by atoms with Gasteiger partial charge in [-0.15, -0.1) is 0 Å². The molecule has 3 rings (SSSR count). The summed E-state index contributed by atoms with van der Waals surface area (Å²) in [5, 5.41) is 0. The Balaban J connectivity index is 2.02. The van der Waals surface area contributed by atoms with Crippen molar-refractivity contribution in [1.29, 1.82) is 0 Å². The summed E-state index contributed by atoms with van der Waals surface area (Å²) in [4.78, 5) is 11.4. The lowest BCUT2D eigenvalue weighted by Gasteiger charge is -2.10. The maximum Gasteiger partial charge on any atom is 0.310 e. The van der Waals surface area contributed by atoms with Crippen LogP contribution < -0.4 is 4.74 Å². The summed E-state index contributed by atoms with van der Waals surface area (Å²) >= 11 is 3.49. The molecule has 0 spiro atoms. The topological polar surface area (TPSA) is 35.5 Å². The van der Waals surface area contributed by atoms with Crippen LogP contribution in [-0.2, 0) is 16.0 Å². The molecule has 0 saturated carbocycles. The van der Waals surface area contributed by atoms with Gasteiger partial charge in [0.05, 0.1) is 13.5 Å². The third-order valence-electron chi connectivity index (χ3n) is 3.46. The van der Waals surface area contributed by atoms with Crippen LogP contribution in [0.25, 0.3) is 0 Å². The summed E-state index contributed by atoms with van der Waals surface area (Å²) in [5.74, 6) is 0.948. The number of methoxy groups -OCH3 is 1. The molecule has 1 aromatic rings. The molecule has 0 radical (unpaired) electrons. The molecule has 0 bridgehead atoms. The third kappa shape index (κ3) is 1.85. The molecule has 2 atom stereocenters. The van der Waals surface area contributed by atoms with Crippen molar-refractivity contribution in [2.24, 2.45) is 0 Å². The van der Waals surface area contributed by atoms with Gasteiger partial charge in [-0.2, -0.15) is 0 Å². The first-order valence-corrected chi connectivity index (χ1v) is 6.71. The van der Waals surface area contributed by atoms with E-state index in [1.165, 1.54) is 12.7 Å². The van der Waals surface area contributed by atoms with Gasteiger partial charge in [0, 0.05) is 27.9 Å². The first-order valence-electron chi connectivity index (χ1n) is 5.91. The Hall–Kier alpha value is -1.29. The second-order valence-corrected chi connectivity index (χ2v) is 5.50. The van der Waals surface area contributed by atoms with E-state index in [-0.39, 0.29) is 18.5 Å². The maximum atomic E-state index is 11.4. The molecular formula is C14H13BrO3. The fraction of sp³-hybridized carbons (Fsp3) is 0.357. The van der Waals surface area contributed by atoms with E-state index in [9.17, 15) is 4.79 Å². The fourth-order valence-corrected chi connectivity index (χ4v) is 3.15. The zero-order valence-electron chi connectivity index (χ0n) is 9.98. The number of esters is 1. The van der Waals surface area contributed by atoms with E-state index in [1.54, 1.807) is 0 Å². The van der Waals surface area contributed by atoms with Gasteiger partial charge in [-0.05, 0) is 12.1 Å². The van der Waals surface area contributed by atoms with Crippen LogP contribution in [0, 0.1) is 0 Å². The van der Waals surface area contributed by atoms with Crippen LogP contribution in [0.4, 0.5) is 0 Å². The first kappa shape index (κ1) is 11.8. The van der Waals surface area contributed by atoms with Crippen molar-refractivity contribution < 1.29 is 14.3 Å². The summed E-state index contributed by atoms with van der Waals surface area (Å²) in [5.41, 5.74) is 2.07. The molecule has 3 nitrogen and oxygen atoms in total. The van der Waals surface area contributed by atoms with E-state index < -0.39 is 0 Å². The zero-order valence-corrected chi connectivity index (χ0v) is 11.6. The molecular weight excluding hydrogens is 296 g/mol. The highest BCUT2D eigenvalue weighted by molar-refractivity contribution is 9.10. The molecule has 2 aliphatic rings. The van der Waals surface area contributed by atoms with Gasteiger partial charge < -0.3 is 9.47 Å². The van der Waals surface area contributed by atoms with Crippen LogP contribution >= 0.6 is 15.9 Å². The summed E-state index contributed by atoms with van der Waals surface area (Å²) < 4.78 is 11.7. The number of benzene rings is 1. The first-order chi connectivity index (χ1) is 8.69. The summed E-state index contributed by atoms with van der Waals surface area (Å²) in [6.07, 6.45) is 5.73. The van der Waals surface area contributed by atoms with Crippen molar-refractivity contribution >= 4 is 21.9 Å². The zero-order chi connectivity index (χ0) is 12.7. The molecule has 1 heterocycles. The molecule has 1 aliphatic heterocycles. The predicted molar refractivity (Wildman–Crippen MR) is 70.8 cm³/mol. The Labute approximate surface area is 114 Å². The van der Waals surface area contributed by atoms with Gasteiger partial charge >= 0.3 is 5.97 Å². The lowest BCUT2D eigenvalue weighted by molar-refractivity contribution is -0.139. The summed E-state index contributed by atoms with van der Waals surface area (Å²) in [6, 6.07) is 4.01. The van der Waals surface area contributed by atoms with Gasteiger partial charge in [-0.25, -0.2) is 0 Å². The molecule has 1 aromatic carbocycles. The number of carbonyl (C=O) groups is 1. The van der Waals surface area contributed by atoms with Gasteiger partial charge in [0.2, 0.25) is 0 Å². The Morgan fingerprint density at radius 1 is 1.56 bits per heavy atom. The van der Waals surface area contributed by atoms with E-state index in [2.05, 4.69) is 34.1 Å². The molecule has 94 valence electrons. The Kier molecular flexibility index (Phi) is 2.90. The molecule has 0 N–H and O–H groups in total. The largest absolute Gasteiger partial charge is 0.489 e. The van der Waals surface area contributed by atoms with Crippen LogP contribution in [0.1, 0.15) is 23.5 Å². The number of fused-ring (bicyclic) bond motifs is 3. The smallest absolute Gasteiger partial charge is 0.310 e. The van der Waals surface area contributed by atoms with Gasteiger partial charge in [0.25, 0.3) is 0 Å². The highest BCUT2D eigenvalue weighted by Gasteiger charge is 2.36. The van der Waals surface area contributed by atoms with E-state index in [0.29, 0.717) is 5.92 Å². The third-order valence-corrected chi connectivity index (χ3v) is 3.92. The highest BCUT2D eigenvalue weighted by Crippen LogP contribution is 2.46. The second-order valence-electron chi connectivity index (χ2n) is 4.58. The molecule has 0 saturated heterocycles. The lowest BCUT2D eigenvalue weighted by atomic mass is 9.96. The van der Waals surface area contributed by atoms with Crippen LogP contribution in [0.15, 0.2) is 28.8 Å². The average molecular weight is 309 g/mol. The van der Waals surface area contributed by atoms with Crippen molar-refractivity contribution in [1.82, 2.24) is 0 Å². The summed E-state index contributed by atoms with van der Waals surface area (Å²) in [7, 11) is 1.40. The average Bonchev–Trinajstić information content (AvgIpc) is 2.90. The number of carbonyl (C=O) groups excluding carboxylic acids is 1. The quantitative estimate of drug-likeness (QED) is 0.622. The van der Waals surface area contributed by atoms with E-state index in [4.69, 9.17) is 9.47 Å². The Morgan fingerprint density at radius 2 is 2.39 bits per heavy atom. The summed E-state index contributed by atoms with van der Waals surface area (Å²) in [6.45, 7) is 0. The molecule has 18 heavy (non-hydrogen) atoms. The van der Waals surface area contributed by atoms with E-state index >= 15 is 0 Å². The number of halogens is 1. The maximum absolute atomic E-state index is 11.4. The number of rotatable bonds is 2. The van der Waals surface area contributed by atoms with E-state index in [1.807, 2.05) is 6.07 Å². The number of hydrogen-bond acceptors (Lipinski definition) is 3. The molecule has 0 aromatic heterocycles. The van der Waals surface area contributed by atoms with Crippen molar-refractivity contribution in [3.05, 3.63) is 39.9 Å². The standard InChI is InChI=1S/C14H13BrO3/c1-17-13(16)6-8-5-9(15)7-11-10-3-2-4-12(10)18-14(8)11/h2-3,5,7,10,12H,4,6H2,1H3. The van der Waals surface area contributed by atoms with Crippen LogP contribution in [0.2, 0.25) is 0 Å². The van der Waals surface area contributed by atoms with Crippen molar-refractivity contribution in [3.8, 4) is 5.75 Å². The fourth-order valence-electron chi connectivity index (χ4n) is 2.63. The Bertz CT molecular complexity index is 536. The minimum atomic E-state index is -0.244. The number of hydrogen-bond donors (Lipinski definition) is 0. The van der Waals surface area contributed by atoms with Gasteiger partial charge in [-0.1, -0.05) is 28.1 Å². The minimum absolute atomic E-state index is 0.200.